The topological polar surface area (TPSA) is 0 Å². The van der Waals surface area contributed by atoms with Crippen LogP contribution in [-0.4, -0.2) is 0 Å². The van der Waals surface area contributed by atoms with Crippen LogP contribution in [0.1, 0.15) is 65.2 Å². The fourth-order valence-corrected chi connectivity index (χ4v) is 2.21. The van der Waals surface area contributed by atoms with E-state index in [9.17, 15) is 0 Å². The second-order valence-corrected chi connectivity index (χ2v) is 4.42. The third kappa shape index (κ3) is 3.97. The van der Waals surface area contributed by atoms with Crippen molar-refractivity contribution in [1.82, 2.24) is 0 Å². The van der Waals surface area contributed by atoms with Crippen molar-refractivity contribution >= 4 is 0 Å². The number of allylic oxidation sites excluding steroid dienone is 2. The molecule has 13 heavy (non-hydrogen) atoms. The van der Waals surface area contributed by atoms with Gasteiger partial charge in [0.2, 0.25) is 0 Å². The van der Waals surface area contributed by atoms with Crippen molar-refractivity contribution in [1.29, 1.82) is 0 Å². The van der Waals surface area contributed by atoms with Crippen LogP contribution in [0.3, 0.4) is 0 Å². The van der Waals surface area contributed by atoms with Crippen molar-refractivity contribution in [3.05, 3.63) is 11.6 Å². The number of rotatable bonds is 5. The summed E-state index contributed by atoms with van der Waals surface area (Å²) in [5, 5.41) is 0. The fraction of sp³-hybridized carbons (Fsp3) is 0.846. The SMILES string of the molecule is CCCCCCC=C1CCCC1C. The van der Waals surface area contributed by atoms with E-state index in [1.807, 2.05) is 0 Å². The maximum Gasteiger partial charge on any atom is -0.0232 e. The van der Waals surface area contributed by atoms with Crippen LogP contribution in [0.5, 0.6) is 0 Å². The molecule has 0 aromatic carbocycles. The average molecular weight is 180 g/mol. The predicted molar refractivity (Wildman–Crippen MR) is 59.9 cm³/mol. The van der Waals surface area contributed by atoms with E-state index in [2.05, 4.69) is 19.9 Å². The molecule has 0 aliphatic heterocycles. The Hall–Kier alpha value is -0.260. The van der Waals surface area contributed by atoms with Crippen LogP contribution in [0.2, 0.25) is 0 Å². The largest absolute Gasteiger partial charge is 0.0851 e. The lowest BCUT2D eigenvalue weighted by atomic mass is 10.0. The van der Waals surface area contributed by atoms with Gasteiger partial charge in [-0.2, -0.15) is 0 Å². The third-order valence-corrected chi connectivity index (χ3v) is 3.20. The van der Waals surface area contributed by atoms with Crippen LogP contribution >= 0.6 is 0 Å². The molecule has 1 unspecified atom stereocenters. The Bertz CT molecular complexity index is 155. The third-order valence-electron chi connectivity index (χ3n) is 3.20. The second-order valence-electron chi connectivity index (χ2n) is 4.42. The van der Waals surface area contributed by atoms with E-state index in [1.165, 1.54) is 51.4 Å². The predicted octanol–water partition coefficient (Wildman–Crippen LogP) is 4.70. The van der Waals surface area contributed by atoms with E-state index < -0.39 is 0 Å². The summed E-state index contributed by atoms with van der Waals surface area (Å²) in [7, 11) is 0. The summed E-state index contributed by atoms with van der Waals surface area (Å²) in [6.45, 7) is 4.66. The normalized spacial score (nSPS) is 25.7. The molecule has 0 N–H and O–H groups in total. The van der Waals surface area contributed by atoms with E-state index >= 15 is 0 Å². The average Bonchev–Trinajstić information content (AvgIpc) is 2.52. The minimum absolute atomic E-state index is 0.895. The molecule has 0 spiro atoms. The number of hydrogen-bond acceptors (Lipinski definition) is 0. The molecule has 1 aliphatic carbocycles. The van der Waals surface area contributed by atoms with E-state index in [0.717, 1.165) is 5.92 Å². The Morgan fingerprint density at radius 1 is 1.31 bits per heavy atom. The molecule has 0 aromatic heterocycles. The summed E-state index contributed by atoms with van der Waals surface area (Å²) in [6.07, 6.45) is 13.7. The maximum absolute atomic E-state index is 2.52. The smallest absolute Gasteiger partial charge is 0.0232 e. The molecule has 1 fully saturated rings. The Morgan fingerprint density at radius 3 is 2.77 bits per heavy atom. The Morgan fingerprint density at radius 2 is 2.15 bits per heavy atom. The first kappa shape index (κ1) is 10.8. The first-order chi connectivity index (χ1) is 6.34. The molecule has 0 bridgehead atoms. The standard InChI is InChI=1S/C13H24/c1-3-4-5-6-7-10-13-11-8-9-12(13)2/h10,12H,3-9,11H2,1-2H3. The van der Waals surface area contributed by atoms with Crippen molar-refractivity contribution in [2.24, 2.45) is 5.92 Å². The van der Waals surface area contributed by atoms with Crippen molar-refractivity contribution in [2.45, 2.75) is 65.2 Å². The lowest BCUT2D eigenvalue weighted by Crippen LogP contribution is -1.88. The zero-order valence-electron chi connectivity index (χ0n) is 9.31. The fourth-order valence-electron chi connectivity index (χ4n) is 2.21. The van der Waals surface area contributed by atoms with Gasteiger partial charge in [0.05, 0.1) is 0 Å². The molecule has 1 atom stereocenters. The van der Waals surface area contributed by atoms with Gasteiger partial charge in [0.25, 0.3) is 0 Å². The van der Waals surface area contributed by atoms with Crippen LogP contribution < -0.4 is 0 Å². The van der Waals surface area contributed by atoms with Crippen molar-refractivity contribution in [3.63, 3.8) is 0 Å². The Labute approximate surface area is 83.4 Å². The van der Waals surface area contributed by atoms with Crippen LogP contribution in [0.25, 0.3) is 0 Å². The van der Waals surface area contributed by atoms with E-state index in [4.69, 9.17) is 0 Å². The minimum Gasteiger partial charge on any atom is -0.0851 e. The summed E-state index contributed by atoms with van der Waals surface area (Å²) >= 11 is 0. The lowest BCUT2D eigenvalue weighted by molar-refractivity contribution is 0.664. The van der Waals surface area contributed by atoms with Gasteiger partial charge in [-0.25, -0.2) is 0 Å². The van der Waals surface area contributed by atoms with Crippen LogP contribution in [0.15, 0.2) is 11.6 Å². The molecule has 0 heterocycles. The van der Waals surface area contributed by atoms with Gasteiger partial charge in [0.1, 0.15) is 0 Å². The Kier molecular flexibility index (Phi) is 5.19. The van der Waals surface area contributed by atoms with Gasteiger partial charge in [0.15, 0.2) is 0 Å². The molecule has 0 heteroatoms. The number of hydrogen-bond donors (Lipinski definition) is 0. The first-order valence-corrected chi connectivity index (χ1v) is 6.03. The first-order valence-electron chi connectivity index (χ1n) is 6.03. The molecule has 76 valence electrons. The molecule has 0 radical (unpaired) electrons. The molecular weight excluding hydrogens is 156 g/mol. The molecule has 0 amide bonds. The summed E-state index contributed by atoms with van der Waals surface area (Å²) < 4.78 is 0. The van der Waals surface area contributed by atoms with Gasteiger partial charge in [-0.15, -0.1) is 0 Å². The molecular formula is C13H24. The molecule has 0 saturated heterocycles. The maximum atomic E-state index is 2.52. The molecule has 1 saturated carbocycles. The van der Waals surface area contributed by atoms with E-state index in [1.54, 1.807) is 5.57 Å². The van der Waals surface area contributed by atoms with E-state index in [-0.39, 0.29) is 0 Å². The monoisotopic (exact) mass is 180 g/mol. The highest BCUT2D eigenvalue weighted by atomic mass is 14.2. The van der Waals surface area contributed by atoms with Gasteiger partial charge in [-0.05, 0) is 38.0 Å². The molecule has 0 nitrogen and oxygen atoms in total. The minimum atomic E-state index is 0.895. The van der Waals surface area contributed by atoms with Gasteiger partial charge in [-0.1, -0.05) is 44.8 Å². The highest BCUT2D eigenvalue weighted by Gasteiger charge is 2.14. The lowest BCUT2D eigenvalue weighted by Gasteiger charge is -2.03. The molecule has 1 aliphatic rings. The van der Waals surface area contributed by atoms with Crippen molar-refractivity contribution < 1.29 is 0 Å². The van der Waals surface area contributed by atoms with Crippen LogP contribution in [-0.2, 0) is 0 Å². The second kappa shape index (κ2) is 6.23. The molecule has 1 rings (SSSR count). The summed E-state index contributed by atoms with van der Waals surface area (Å²) in [4.78, 5) is 0. The van der Waals surface area contributed by atoms with Gasteiger partial charge in [0, 0.05) is 0 Å². The zero-order valence-corrected chi connectivity index (χ0v) is 9.31. The zero-order chi connectivity index (χ0) is 9.52. The summed E-state index contributed by atoms with van der Waals surface area (Å²) in [6, 6.07) is 0. The van der Waals surface area contributed by atoms with Crippen molar-refractivity contribution in [3.8, 4) is 0 Å². The quantitative estimate of drug-likeness (QED) is 0.425. The number of unbranched alkanes of at least 4 members (excludes halogenated alkanes) is 4. The van der Waals surface area contributed by atoms with Crippen molar-refractivity contribution in [2.75, 3.05) is 0 Å². The highest BCUT2D eigenvalue weighted by molar-refractivity contribution is 5.09. The van der Waals surface area contributed by atoms with Gasteiger partial charge >= 0.3 is 0 Å². The van der Waals surface area contributed by atoms with E-state index in [0.29, 0.717) is 0 Å². The van der Waals surface area contributed by atoms with Crippen LogP contribution in [0, 0.1) is 5.92 Å². The van der Waals surface area contributed by atoms with Crippen LogP contribution in [0.4, 0.5) is 0 Å². The Balaban J connectivity index is 2.09. The highest BCUT2D eigenvalue weighted by Crippen LogP contribution is 2.30. The van der Waals surface area contributed by atoms with Gasteiger partial charge < -0.3 is 0 Å². The molecule has 0 aromatic rings. The summed E-state index contributed by atoms with van der Waals surface area (Å²) in [5.41, 5.74) is 1.75. The summed E-state index contributed by atoms with van der Waals surface area (Å²) in [5.74, 6) is 0.895. The van der Waals surface area contributed by atoms with Gasteiger partial charge in [-0.3, -0.25) is 0 Å².